The van der Waals surface area contributed by atoms with Crippen molar-refractivity contribution >= 4 is 12.1 Å². The molecule has 0 heterocycles. The highest BCUT2D eigenvalue weighted by molar-refractivity contribution is 5.72. The fourth-order valence-electron chi connectivity index (χ4n) is 4.36. The summed E-state index contributed by atoms with van der Waals surface area (Å²) in [4.78, 5) is 25.6. The third kappa shape index (κ3) is 10.8. The van der Waals surface area contributed by atoms with Crippen LogP contribution in [0.5, 0.6) is 5.75 Å². The fourth-order valence-corrected chi connectivity index (χ4v) is 4.36. The lowest BCUT2D eigenvalue weighted by Crippen LogP contribution is -2.36. The number of nitrogens with zero attached hydrogens (tertiary/aromatic N) is 1. The summed E-state index contributed by atoms with van der Waals surface area (Å²) in [5.41, 5.74) is 0.872. The molecule has 2 rings (SSSR count). The Morgan fingerprint density at radius 3 is 2.41 bits per heavy atom. The van der Waals surface area contributed by atoms with Crippen LogP contribution in [-0.4, -0.2) is 61.1 Å². The van der Waals surface area contributed by atoms with E-state index in [9.17, 15) is 14.7 Å². The van der Waals surface area contributed by atoms with Gasteiger partial charge in [0.15, 0.2) is 6.10 Å². The van der Waals surface area contributed by atoms with Gasteiger partial charge in [0.2, 0.25) is 0 Å². The minimum absolute atomic E-state index is 0.258. The number of hydrogen-bond donors (Lipinski definition) is 1. The van der Waals surface area contributed by atoms with Gasteiger partial charge in [0.1, 0.15) is 12.4 Å². The van der Waals surface area contributed by atoms with E-state index in [2.05, 4.69) is 6.92 Å². The van der Waals surface area contributed by atoms with Crippen molar-refractivity contribution in [1.29, 1.82) is 0 Å². The summed E-state index contributed by atoms with van der Waals surface area (Å²) in [7, 11) is 0. The maximum absolute atomic E-state index is 12.6. The molecule has 1 fully saturated rings. The number of hydrogen-bond acceptors (Lipinski definition) is 5. The van der Waals surface area contributed by atoms with E-state index in [4.69, 9.17) is 14.2 Å². The summed E-state index contributed by atoms with van der Waals surface area (Å²) in [5, 5.41) is 9.24. The van der Waals surface area contributed by atoms with Crippen molar-refractivity contribution in [3.8, 4) is 5.75 Å². The van der Waals surface area contributed by atoms with Crippen LogP contribution < -0.4 is 4.74 Å². The van der Waals surface area contributed by atoms with Gasteiger partial charge >= 0.3 is 12.1 Å². The molecule has 1 amide bonds. The molecule has 34 heavy (non-hydrogen) atoms. The molecule has 0 radical (unpaired) electrons. The Balaban J connectivity index is 1.81. The fraction of sp³-hybridized carbons (Fsp3) is 0.704. The van der Waals surface area contributed by atoms with Gasteiger partial charge in [-0.25, -0.2) is 9.59 Å². The number of ether oxygens (including phenoxy) is 3. The average Bonchev–Trinajstić information content (AvgIpc) is 2.84. The van der Waals surface area contributed by atoms with Crippen molar-refractivity contribution in [2.75, 3.05) is 32.9 Å². The van der Waals surface area contributed by atoms with E-state index >= 15 is 0 Å². The predicted molar refractivity (Wildman–Crippen MR) is 132 cm³/mol. The summed E-state index contributed by atoms with van der Waals surface area (Å²) in [6, 6.07) is 7.36. The molecule has 0 aliphatic heterocycles. The van der Waals surface area contributed by atoms with Crippen LogP contribution in [0.15, 0.2) is 24.3 Å². The van der Waals surface area contributed by atoms with Crippen molar-refractivity contribution in [2.45, 2.75) is 84.2 Å². The first-order valence-electron chi connectivity index (χ1n) is 13.0. The maximum Gasteiger partial charge on any atom is 0.409 e. The number of unbranched alkanes of at least 4 members (excludes halogenated alkanes) is 1. The van der Waals surface area contributed by atoms with Gasteiger partial charge in [-0.05, 0) is 49.8 Å². The van der Waals surface area contributed by atoms with Crippen molar-refractivity contribution in [3.63, 3.8) is 0 Å². The predicted octanol–water partition coefficient (Wildman–Crippen LogP) is 5.70. The van der Waals surface area contributed by atoms with Gasteiger partial charge in [-0.2, -0.15) is 0 Å². The molecule has 0 saturated heterocycles. The van der Waals surface area contributed by atoms with Crippen molar-refractivity contribution in [1.82, 2.24) is 4.90 Å². The molecular weight excluding hydrogens is 434 g/mol. The normalized spacial score (nSPS) is 15.0. The van der Waals surface area contributed by atoms with Gasteiger partial charge in [0.25, 0.3) is 0 Å². The van der Waals surface area contributed by atoms with Gasteiger partial charge in [0, 0.05) is 19.6 Å². The summed E-state index contributed by atoms with van der Waals surface area (Å²) in [6.07, 6.45) is 9.89. The van der Waals surface area contributed by atoms with Crippen LogP contribution in [0.25, 0.3) is 0 Å². The molecule has 1 aromatic carbocycles. The maximum atomic E-state index is 12.6. The van der Waals surface area contributed by atoms with E-state index in [0.29, 0.717) is 45.1 Å². The number of carboxylic acid groups (broad SMARTS) is 1. The number of carboxylic acids is 1. The summed E-state index contributed by atoms with van der Waals surface area (Å²) in [6.45, 7) is 6.22. The Labute approximate surface area is 204 Å². The first-order valence-corrected chi connectivity index (χ1v) is 13.0. The molecule has 1 aromatic rings. The van der Waals surface area contributed by atoms with Crippen LogP contribution in [0, 0.1) is 5.92 Å². The Hall–Kier alpha value is -2.28. The summed E-state index contributed by atoms with van der Waals surface area (Å²) < 4.78 is 16.6. The highest BCUT2D eigenvalue weighted by atomic mass is 16.6. The molecule has 1 aliphatic carbocycles. The zero-order chi connectivity index (χ0) is 24.6. The molecular formula is C27H43NO6. The smallest absolute Gasteiger partial charge is 0.409 e. The Bertz CT molecular complexity index is 702. The second-order valence-electron chi connectivity index (χ2n) is 9.08. The number of amides is 1. The zero-order valence-electron chi connectivity index (χ0n) is 21.0. The molecule has 1 unspecified atom stereocenters. The van der Waals surface area contributed by atoms with E-state index in [-0.39, 0.29) is 6.09 Å². The van der Waals surface area contributed by atoms with Crippen molar-refractivity contribution in [3.05, 3.63) is 29.8 Å². The minimum Gasteiger partial charge on any atom is -0.492 e. The highest BCUT2D eigenvalue weighted by Crippen LogP contribution is 2.27. The van der Waals surface area contributed by atoms with E-state index in [1.165, 1.54) is 38.5 Å². The lowest BCUT2D eigenvalue weighted by molar-refractivity contribution is -0.149. The minimum atomic E-state index is -0.962. The van der Waals surface area contributed by atoms with Crippen LogP contribution in [0.3, 0.4) is 0 Å². The molecule has 7 heteroatoms. The van der Waals surface area contributed by atoms with Crippen LogP contribution in [-0.2, 0) is 20.7 Å². The van der Waals surface area contributed by atoms with Gasteiger partial charge in [-0.3, -0.25) is 0 Å². The Morgan fingerprint density at radius 2 is 1.76 bits per heavy atom. The number of rotatable bonds is 16. The Kier molecular flexibility index (Phi) is 13.5. The molecule has 1 aliphatic rings. The van der Waals surface area contributed by atoms with Gasteiger partial charge in [0.05, 0.1) is 13.2 Å². The lowest BCUT2D eigenvalue weighted by Gasteiger charge is -2.25. The van der Waals surface area contributed by atoms with E-state index < -0.39 is 12.1 Å². The van der Waals surface area contributed by atoms with Gasteiger partial charge in [-0.15, -0.1) is 0 Å². The van der Waals surface area contributed by atoms with Crippen molar-refractivity contribution < 1.29 is 28.9 Å². The Morgan fingerprint density at radius 1 is 1.03 bits per heavy atom. The number of benzene rings is 1. The van der Waals surface area contributed by atoms with Crippen LogP contribution in [0.2, 0.25) is 0 Å². The molecule has 0 aromatic heterocycles. The van der Waals surface area contributed by atoms with E-state index in [1.807, 2.05) is 24.3 Å². The third-order valence-electron chi connectivity index (χ3n) is 6.36. The van der Waals surface area contributed by atoms with E-state index in [0.717, 1.165) is 30.7 Å². The topological polar surface area (TPSA) is 85.3 Å². The molecule has 0 bridgehead atoms. The SMILES string of the molecule is CCCCOC(=O)N(CCCC1CCCCC1)CCOc1ccc(CC(OCC)C(=O)O)cc1. The van der Waals surface area contributed by atoms with Crippen molar-refractivity contribution in [2.24, 2.45) is 5.92 Å². The van der Waals surface area contributed by atoms with Gasteiger partial charge < -0.3 is 24.2 Å². The summed E-state index contributed by atoms with van der Waals surface area (Å²) in [5.74, 6) is 0.523. The first kappa shape index (κ1) is 28.0. The molecule has 0 spiro atoms. The van der Waals surface area contributed by atoms with Crippen LogP contribution in [0.4, 0.5) is 4.79 Å². The third-order valence-corrected chi connectivity index (χ3v) is 6.36. The second-order valence-corrected chi connectivity index (χ2v) is 9.08. The van der Waals surface area contributed by atoms with Crippen LogP contribution >= 0.6 is 0 Å². The lowest BCUT2D eigenvalue weighted by atomic mass is 9.86. The average molecular weight is 478 g/mol. The molecule has 7 nitrogen and oxygen atoms in total. The summed E-state index contributed by atoms with van der Waals surface area (Å²) >= 11 is 0. The van der Waals surface area contributed by atoms with Crippen LogP contribution in [0.1, 0.15) is 77.2 Å². The largest absolute Gasteiger partial charge is 0.492 e. The monoisotopic (exact) mass is 477 g/mol. The quantitative estimate of drug-likeness (QED) is 0.308. The van der Waals surface area contributed by atoms with E-state index in [1.54, 1.807) is 11.8 Å². The number of aliphatic carboxylic acids is 1. The number of carbonyl (C=O) groups excluding carboxylic acids is 1. The zero-order valence-corrected chi connectivity index (χ0v) is 21.0. The number of carbonyl (C=O) groups is 2. The molecule has 1 atom stereocenters. The highest BCUT2D eigenvalue weighted by Gasteiger charge is 2.19. The molecule has 1 N–H and O–H groups in total. The second kappa shape index (κ2) is 16.4. The molecule has 1 saturated carbocycles. The van der Waals surface area contributed by atoms with Gasteiger partial charge in [-0.1, -0.05) is 57.6 Å². The standard InChI is InChI=1S/C27H43NO6/c1-3-5-19-34-27(31)28(17-9-12-22-10-7-6-8-11-22)18-20-33-24-15-13-23(14-16-24)21-25(26(29)30)32-4-2/h13-16,22,25H,3-12,17-21H2,1-2H3,(H,29,30). The molecule has 192 valence electrons. The first-order chi connectivity index (χ1) is 16.5.